The molecule has 1 N–H and O–H groups in total. The van der Waals surface area contributed by atoms with E-state index in [1.165, 1.54) is 11.8 Å². The Morgan fingerprint density at radius 1 is 1.16 bits per heavy atom. The molecule has 0 fully saturated rings. The minimum atomic E-state index is -0.118. The van der Waals surface area contributed by atoms with E-state index in [2.05, 4.69) is 15.5 Å². The van der Waals surface area contributed by atoms with Gasteiger partial charge < -0.3 is 14.8 Å². The van der Waals surface area contributed by atoms with Crippen molar-refractivity contribution in [2.24, 2.45) is 0 Å². The highest BCUT2D eigenvalue weighted by atomic mass is 32.2. The normalized spacial score (nSPS) is 12.2. The Bertz CT molecular complexity index is 883. The number of fused-ring (bicyclic) bond motifs is 1. The second kappa shape index (κ2) is 7.12. The molecule has 126 valence electrons. The number of thioether (sulfide) groups is 1. The van der Waals surface area contributed by atoms with Gasteiger partial charge in [0.15, 0.2) is 11.5 Å². The first-order valence-corrected chi connectivity index (χ1v) is 9.34. The molecule has 3 aromatic rings. The van der Waals surface area contributed by atoms with E-state index in [4.69, 9.17) is 9.47 Å². The summed E-state index contributed by atoms with van der Waals surface area (Å²) < 4.78 is 10.5. The number of ether oxygens (including phenoxy) is 2. The van der Waals surface area contributed by atoms with Crippen molar-refractivity contribution in [1.29, 1.82) is 0 Å². The second-order valence-corrected chi connectivity index (χ2v) is 7.08. The molecule has 6 nitrogen and oxygen atoms in total. The standard InChI is InChI=1S/C17H13N3O3S2/c21-16(18-11-3-5-13-14(8-11)23-10-22-13)9-25-17-6-4-12(19-20-17)15-2-1-7-24-15/h1-8H,9-10H2,(H,18,21). The molecule has 0 spiro atoms. The van der Waals surface area contributed by atoms with E-state index in [1.54, 1.807) is 29.5 Å². The van der Waals surface area contributed by atoms with Crippen molar-refractivity contribution in [2.75, 3.05) is 17.9 Å². The van der Waals surface area contributed by atoms with Crippen LogP contribution in [-0.4, -0.2) is 28.7 Å². The van der Waals surface area contributed by atoms with Gasteiger partial charge in [0, 0.05) is 11.8 Å². The lowest BCUT2D eigenvalue weighted by atomic mass is 10.3. The van der Waals surface area contributed by atoms with Crippen molar-refractivity contribution in [2.45, 2.75) is 5.03 Å². The average molecular weight is 371 g/mol. The van der Waals surface area contributed by atoms with Gasteiger partial charge in [0.25, 0.3) is 0 Å². The lowest BCUT2D eigenvalue weighted by Gasteiger charge is -2.06. The molecule has 0 atom stereocenters. The summed E-state index contributed by atoms with van der Waals surface area (Å²) in [6.07, 6.45) is 0. The maximum absolute atomic E-state index is 12.1. The highest BCUT2D eigenvalue weighted by Crippen LogP contribution is 2.34. The van der Waals surface area contributed by atoms with Gasteiger partial charge in [-0.15, -0.1) is 21.5 Å². The summed E-state index contributed by atoms with van der Waals surface area (Å²) in [4.78, 5) is 13.2. The summed E-state index contributed by atoms with van der Waals surface area (Å²) >= 11 is 2.96. The van der Waals surface area contributed by atoms with Crippen LogP contribution in [0.25, 0.3) is 10.6 Å². The zero-order chi connectivity index (χ0) is 17.1. The molecule has 1 aliphatic rings. The Morgan fingerprint density at radius 3 is 2.88 bits per heavy atom. The molecule has 0 unspecified atom stereocenters. The highest BCUT2D eigenvalue weighted by Gasteiger charge is 2.14. The van der Waals surface area contributed by atoms with E-state index in [-0.39, 0.29) is 18.5 Å². The number of amides is 1. The third kappa shape index (κ3) is 3.75. The van der Waals surface area contributed by atoms with Crippen LogP contribution in [0, 0.1) is 0 Å². The molecule has 25 heavy (non-hydrogen) atoms. The fraction of sp³-hybridized carbons (Fsp3) is 0.118. The van der Waals surface area contributed by atoms with Crippen LogP contribution in [0.2, 0.25) is 0 Å². The van der Waals surface area contributed by atoms with Gasteiger partial charge in [-0.1, -0.05) is 17.8 Å². The molecule has 0 bridgehead atoms. The van der Waals surface area contributed by atoms with Gasteiger partial charge in [0.2, 0.25) is 12.7 Å². The third-order valence-corrected chi connectivity index (χ3v) is 5.23. The van der Waals surface area contributed by atoms with Crippen LogP contribution >= 0.6 is 23.1 Å². The number of nitrogens with zero attached hydrogens (tertiary/aromatic N) is 2. The van der Waals surface area contributed by atoms with Crippen molar-refractivity contribution >= 4 is 34.7 Å². The fourth-order valence-electron chi connectivity index (χ4n) is 2.26. The molecule has 0 saturated carbocycles. The van der Waals surface area contributed by atoms with Gasteiger partial charge in [-0.25, -0.2) is 0 Å². The fourth-order valence-corrected chi connectivity index (χ4v) is 3.57. The zero-order valence-corrected chi connectivity index (χ0v) is 14.6. The Labute approximate surface area is 152 Å². The predicted octanol–water partition coefficient (Wildman–Crippen LogP) is 3.66. The third-order valence-electron chi connectivity index (χ3n) is 3.42. The van der Waals surface area contributed by atoms with Crippen molar-refractivity contribution in [3.05, 3.63) is 47.8 Å². The van der Waals surface area contributed by atoms with Crippen molar-refractivity contribution in [3.8, 4) is 22.1 Å². The minimum absolute atomic E-state index is 0.118. The smallest absolute Gasteiger partial charge is 0.234 e. The quantitative estimate of drug-likeness (QED) is 0.690. The number of anilines is 1. The van der Waals surface area contributed by atoms with Crippen LogP contribution in [-0.2, 0) is 4.79 Å². The predicted molar refractivity (Wildman–Crippen MR) is 97.3 cm³/mol. The molecule has 1 amide bonds. The van der Waals surface area contributed by atoms with E-state index in [0.29, 0.717) is 22.2 Å². The summed E-state index contributed by atoms with van der Waals surface area (Å²) in [6.45, 7) is 0.211. The SMILES string of the molecule is O=C(CSc1ccc(-c2cccs2)nn1)Nc1ccc2c(c1)OCO2. The number of hydrogen-bond donors (Lipinski definition) is 1. The topological polar surface area (TPSA) is 73.3 Å². The molecule has 3 heterocycles. The van der Waals surface area contributed by atoms with Gasteiger partial charge >= 0.3 is 0 Å². The average Bonchev–Trinajstić information content (AvgIpc) is 3.32. The van der Waals surface area contributed by atoms with Crippen molar-refractivity contribution < 1.29 is 14.3 Å². The van der Waals surface area contributed by atoms with Crippen LogP contribution in [0.1, 0.15) is 0 Å². The first kappa shape index (κ1) is 15.9. The molecule has 4 rings (SSSR count). The summed E-state index contributed by atoms with van der Waals surface area (Å²) in [7, 11) is 0. The Hall–Kier alpha value is -2.58. The van der Waals surface area contributed by atoms with Gasteiger partial charge in [-0.3, -0.25) is 4.79 Å². The van der Waals surface area contributed by atoms with Gasteiger partial charge in [0.1, 0.15) is 10.7 Å². The Morgan fingerprint density at radius 2 is 2.08 bits per heavy atom. The molecule has 0 radical (unpaired) electrons. The van der Waals surface area contributed by atoms with E-state index < -0.39 is 0 Å². The summed E-state index contributed by atoms with van der Waals surface area (Å²) in [5, 5.41) is 13.9. The van der Waals surface area contributed by atoms with Crippen LogP contribution in [0.5, 0.6) is 11.5 Å². The molecule has 0 saturated heterocycles. The van der Waals surface area contributed by atoms with Crippen LogP contribution in [0.15, 0.2) is 52.9 Å². The molecule has 1 aliphatic heterocycles. The number of benzene rings is 1. The van der Waals surface area contributed by atoms with Gasteiger partial charge in [0.05, 0.1) is 10.6 Å². The lowest BCUT2D eigenvalue weighted by Crippen LogP contribution is -2.14. The van der Waals surface area contributed by atoms with Crippen LogP contribution in [0.4, 0.5) is 5.69 Å². The number of rotatable bonds is 5. The number of carbonyl (C=O) groups is 1. The molecule has 8 heteroatoms. The van der Waals surface area contributed by atoms with E-state index >= 15 is 0 Å². The van der Waals surface area contributed by atoms with Crippen molar-refractivity contribution in [3.63, 3.8) is 0 Å². The summed E-state index contributed by atoms with van der Waals surface area (Å²) in [6, 6.07) is 13.1. The Balaban J connectivity index is 1.32. The van der Waals surface area contributed by atoms with Crippen molar-refractivity contribution in [1.82, 2.24) is 10.2 Å². The largest absolute Gasteiger partial charge is 0.454 e. The van der Waals surface area contributed by atoms with E-state index in [1.807, 2.05) is 29.6 Å². The first-order chi connectivity index (χ1) is 12.3. The molecule has 1 aromatic carbocycles. The zero-order valence-electron chi connectivity index (χ0n) is 13.0. The highest BCUT2D eigenvalue weighted by molar-refractivity contribution is 7.99. The number of carbonyl (C=O) groups excluding carboxylic acids is 1. The molecular weight excluding hydrogens is 358 g/mol. The molecular formula is C17H13N3O3S2. The number of hydrogen-bond acceptors (Lipinski definition) is 7. The maximum atomic E-state index is 12.1. The van der Waals surface area contributed by atoms with Gasteiger partial charge in [-0.05, 0) is 35.7 Å². The molecule has 0 aliphatic carbocycles. The lowest BCUT2D eigenvalue weighted by molar-refractivity contribution is -0.113. The minimum Gasteiger partial charge on any atom is -0.454 e. The first-order valence-electron chi connectivity index (χ1n) is 7.48. The number of aromatic nitrogens is 2. The van der Waals surface area contributed by atoms with Gasteiger partial charge in [-0.2, -0.15) is 0 Å². The molecule has 2 aromatic heterocycles. The maximum Gasteiger partial charge on any atom is 0.234 e. The Kier molecular flexibility index (Phi) is 4.53. The summed E-state index contributed by atoms with van der Waals surface area (Å²) in [5.74, 6) is 1.46. The van der Waals surface area contributed by atoms with E-state index in [9.17, 15) is 4.79 Å². The van der Waals surface area contributed by atoms with Crippen LogP contribution in [0.3, 0.4) is 0 Å². The monoisotopic (exact) mass is 371 g/mol. The van der Waals surface area contributed by atoms with E-state index in [0.717, 1.165) is 10.6 Å². The summed E-state index contributed by atoms with van der Waals surface area (Å²) in [5.41, 5.74) is 1.51. The van der Waals surface area contributed by atoms with Crippen LogP contribution < -0.4 is 14.8 Å². The second-order valence-electron chi connectivity index (χ2n) is 5.14. The number of thiophene rings is 1. The number of nitrogens with one attached hydrogen (secondary N) is 1.